The van der Waals surface area contributed by atoms with Gasteiger partial charge in [0.15, 0.2) is 0 Å². The molecule has 0 aliphatic rings. The minimum Gasteiger partial charge on any atom is -0.394 e. The molecule has 0 spiro atoms. The van der Waals surface area contributed by atoms with Crippen LogP contribution in [-0.2, 0) is 0 Å². The number of nitrogens with one attached hydrogen (secondary N) is 1. The van der Waals surface area contributed by atoms with Crippen molar-refractivity contribution in [3.63, 3.8) is 0 Å². The maximum Gasteiger partial charge on any atom is 0.254 e. The highest BCUT2D eigenvalue weighted by Gasteiger charge is 2.28. The van der Waals surface area contributed by atoms with Crippen LogP contribution in [0.5, 0.6) is 0 Å². The Bertz CT molecular complexity index is 580. The standard InChI is InChI=1S/C16H21N3O2/c1-3-16(4-2,12-20)18-15(21)13-10-17-19(11-13)14-8-6-5-7-9-14/h5-11,20H,3-4,12H2,1-2H3,(H,18,21). The number of nitrogens with zero attached hydrogens (tertiary/aromatic N) is 2. The molecular formula is C16H21N3O2. The minimum atomic E-state index is -0.564. The lowest BCUT2D eigenvalue weighted by atomic mass is 9.93. The molecule has 0 saturated heterocycles. The van der Waals surface area contributed by atoms with Crippen LogP contribution in [-0.4, -0.2) is 32.9 Å². The molecule has 21 heavy (non-hydrogen) atoms. The van der Waals surface area contributed by atoms with Gasteiger partial charge in [0.05, 0.1) is 29.6 Å². The van der Waals surface area contributed by atoms with Crippen molar-refractivity contribution in [2.24, 2.45) is 0 Å². The highest BCUT2D eigenvalue weighted by Crippen LogP contribution is 2.15. The molecule has 0 aliphatic heterocycles. The molecule has 0 saturated carbocycles. The molecular weight excluding hydrogens is 266 g/mol. The number of aliphatic hydroxyl groups excluding tert-OH is 1. The van der Waals surface area contributed by atoms with Crippen molar-refractivity contribution >= 4 is 5.91 Å². The molecule has 1 amide bonds. The fraction of sp³-hybridized carbons (Fsp3) is 0.375. The van der Waals surface area contributed by atoms with Gasteiger partial charge in [-0.15, -0.1) is 0 Å². The maximum atomic E-state index is 12.3. The zero-order chi connectivity index (χ0) is 15.3. The third kappa shape index (κ3) is 3.31. The molecule has 2 aromatic rings. The highest BCUT2D eigenvalue weighted by molar-refractivity contribution is 5.94. The van der Waals surface area contributed by atoms with Crippen LogP contribution < -0.4 is 5.32 Å². The van der Waals surface area contributed by atoms with E-state index in [0.29, 0.717) is 18.4 Å². The van der Waals surface area contributed by atoms with Gasteiger partial charge in [-0.05, 0) is 25.0 Å². The molecule has 5 nitrogen and oxygen atoms in total. The van der Waals surface area contributed by atoms with Crippen LogP contribution in [0.1, 0.15) is 37.0 Å². The molecule has 0 aliphatic carbocycles. The average molecular weight is 287 g/mol. The number of benzene rings is 1. The van der Waals surface area contributed by atoms with Gasteiger partial charge < -0.3 is 10.4 Å². The smallest absolute Gasteiger partial charge is 0.254 e. The van der Waals surface area contributed by atoms with Gasteiger partial charge >= 0.3 is 0 Å². The Morgan fingerprint density at radius 3 is 2.52 bits per heavy atom. The first-order valence-electron chi connectivity index (χ1n) is 7.17. The van der Waals surface area contributed by atoms with Gasteiger partial charge in [-0.1, -0.05) is 32.0 Å². The molecule has 1 heterocycles. The monoisotopic (exact) mass is 287 g/mol. The molecule has 0 unspecified atom stereocenters. The average Bonchev–Trinajstić information content (AvgIpc) is 3.04. The van der Waals surface area contributed by atoms with Crippen molar-refractivity contribution in [2.45, 2.75) is 32.2 Å². The number of carbonyl (C=O) groups excluding carboxylic acids is 1. The van der Waals surface area contributed by atoms with Gasteiger partial charge in [-0.3, -0.25) is 4.79 Å². The zero-order valence-corrected chi connectivity index (χ0v) is 12.4. The summed E-state index contributed by atoms with van der Waals surface area (Å²) in [5.74, 6) is -0.213. The normalized spacial score (nSPS) is 11.4. The number of carbonyl (C=O) groups is 1. The largest absolute Gasteiger partial charge is 0.394 e. The molecule has 0 fully saturated rings. The van der Waals surface area contributed by atoms with E-state index in [1.54, 1.807) is 10.9 Å². The summed E-state index contributed by atoms with van der Waals surface area (Å²) in [6.07, 6.45) is 4.59. The Hall–Kier alpha value is -2.14. The zero-order valence-electron chi connectivity index (χ0n) is 12.4. The second kappa shape index (κ2) is 6.54. The van der Waals surface area contributed by atoms with E-state index >= 15 is 0 Å². The van der Waals surface area contributed by atoms with Crippen LogP contribution in [0.25, 0.3) is 5.69 Å². The Kier molecular flexibility index (Phi) is 4.75. The van der Waals surface area contributed by atoms with Crippen molar-refractivity contribution < 1.29 is 9.90 Å². The minimum absolute atomic E-state index is 0.0709. The van der Waals surface area contributed by atoms with Gasteiger partial charge in [0.2, 0.25) is 0 Å². The van der Waals surface area contributed by atoms with Crippen molar-refractivity contribution in [3.8, 4) is 5.69 Å². The third-order valence-corrected chi connectivity index (χ3v) is 3.90. The summed E-state index contributed by atoms with van der Waals surface area (Å²) >= 11 is 0. The Morgan fingerprint density at radius 1 is 1.29 bits per heavy atom. The molecule has 0 atom stereocenters. The Balaban J connectivity index is 2.16. The van der Waals surface area contributed by atoms with E-state index in [9.17, 15) is 9.90 Å². The van der Waals surface area contributed by atoms with Crippen molar-refractivity contribution in [3.05, 3.63) is 48.3 Å². The van der Waals surface area contributed by atoms with Crippen molar-refractivity contribution in [2.75, 3.05) is 6.61 Å². The predicted octanol–water partition coefficient (Wildman–Crippen LogP) is 2.15. The topological polar surface area (TPSA) is 67.2 Å². The van der Waals surface area contributed by atoms with Gasteiger partial charge in [-0.2, -0.15) is 5.10 Å². The van der Waals surface area contributed by atoms with Gasteiger partial charge in [0.25, 0.3) is 5.91 Å². The Labute approximate surface area is 124 Å². The van der Waals surface area contributed by atoms with Crippen LogP contribution in [0.2, 0.25) is 0 Å². The fourth-order valence-electron chi connectivity index (χ4n) is 2.16. The van der Waals surface area contributed by atoms with E-state index in [4.69, 9.17) is 0 Å². The van der Waals surface area contributed by atoms with E-state index in [0.717, 1.165) is 5.69 Å². The SMILES string of the molecule is CCC(CC)(CO)NC(=O)c1cnn(-c2ccccc2)c1. The molecule has 1 aromatic carbocycles. The lowest BCUT2D eigenvalue weighted by Crippen LogP contribution is -2.50. The summed E-state index contributed by atoms with van der Waals surface area (Å²) in [6.45, 7) is 3.83. The lowest BCUT2D eigenvalue weighted by molar-refractivity contribution is 0.0818. The number of para-hydroxylation sites is 1. The number of aliphatic hydroxyl groups is 1. The molecule has 1 aromatic heterocycles. The van der Waals surface area contributed by atoms with E-state index in [1.165, 1.54) is 6.20 Å². The number of amides is 1. The predicted molar refractivity (Wildman–Crippen MR) is 81.4 cm³/mol. The Morgan fingerprint density at radius 2 is 1.95 bits per heavy atom. The summed E-state index contributed by atoms with van der Waals surface area (Å²) in [7, 11) is 0. The molecule has 0 bridgehead atoms. The molecule has 5 heteroatoms. The number of rotatable bonds is 6. The quantitative estimate of drug-likeness (QED) is 0.855. The van der Waals surface area contributed by atoms with Crippen LogP contribution in [0.4, 0.5) is 0 Å². The van der Waals surface area contributed by atoms with Gasteiger partial charge in [-0.25, -0.2) is 4.68 Å². The van der Waals surface area contributed by atoms with Crippen LogP contribution >= 0.6 is 0 Å². The van der Waals surface area contributed by atoms with E-state index in [-0.39, 0.29) is 12.5 Å². The number of hydrogen-bond acceptors (Lipinski definition) is 3. The molecule has 2 N–H and O–H groups in total. The molecule has 2 rings (SSSR count). The van der Waals surface area contributed by atoms with Crippen LogP contribution in [0, 0.1) is 0 Å². The third-order valence-electron chi connectivity index (χ3n) is 3.90. The van der Waals surface area contributed by atoms with Gasteiger partial charge in [0, 0.05) is 6.20 Å². The molecule has 112 valence electrons. The van der Waals surface area contributed by atoms with E-state index in [1.807, 2.05) is 44.2 Å². The first-order chi connectivity index (χ1) is 10.1. The first kappa shape index (κ1) is 15.3. The highest BCUT2D eigenvalue weighted by atomic mass is 16.3. The van der Waals surface area contributed by atoms with E-state index in [2.05, 4.69) is 10.4 Å². The summed E-state index contributed by atoms with van der Waals surface area (Å²) in [6, 6.07) is 9.61. The second-order valence-electron chi connectivity index (χ2n) is 5.11. The molecule has 0 radical (unpaired) electrons. The van der Waals surface area contributed by atoms with Crippen molar-refractivity contribution in [1.82, 2.24) is 15.1 Å². The summed E-state index contributed by atoms with van der Waals surface area (Å²) < 4.78 is 1.66. The first-order valence-corrected chi connectivity index (χ1v) is 7.17. The van der Waals surface area contributed by atoms with Crippen LogP contribution in [0.3, 0.4) is 0 Å². The summed E-state index contributed by atoms with van der Waals surface area (Å²) in [4.78, 5) is 12.3. The van der Waals surface area contributed by atoms with Gasteiger partial charge in [0.1, 0.15) is 0 Å². The fourth-order valence-corrected chi connectivity index (χ4v) is 2.16. The van der Waals surface area contributed by atoms with Crippen molar-refractivity contribution in [1.29, 1.82) is 0 Å². The second-order valence-corrected chi connectivity index (χ2v) is 5.11. The van der Waals surface area contributed by atoms with Crippen LogP contribution in [0.15, 0.2) is 42.7 Å². The maximum absolute atomic E-state index is 12.3. The van der Waals surface area contributed by atoms with E-state index < -0.39 is 5.54 Å². The lowest BCUT2D eigenvalue weighted by Gasteiger charge is -2.30. The number of aromatic nitrogens is 2. The number of hydrogen-bond donors (Lipinski definition) is 2. The summed E-state index contributed by atoms with van der Waals surface area (Å²) in [5, 5.41) is 16.6. The summed E-state index contributed by atoms with van der Waals surface area (Å²) in [5.41, 5.74) is 0.820.